The minimum Gasteiger partial charge on any atom is -0.326 e. The molecule has 1 fully saturated rings. The van der Waals surface area contributed by atoms with Gasteiger partial charge in [0.15, 0.2) is 0 Å². The van der Waals surface area contributed by atoms with Gasteiger partial charge >= 0.3 is 0 Å². The Morgan fingerprint density at radius 2 is 1.28 bits per heavy atom. The van der Waals surface area contributed by atoms with Crippen LogP contribution in [0.15, 0.2) is 48.5 Å². The normalized spacial score (nSPS) is 14.4. The van der Waals surface area contributed by atoms with Crippen LogP contribution in [0.3, 0.4) is 0 Å². The molecule has 2 amide bonds. The molecule has 6 heteroatoms. The van der Waals surface area contributed by atoms with Gasteiger partial charge in [-0.05, 0) is 54.7 Å². The van der Waals surface area contributed by atoms with Gasteiger partial charge in [-0.3, -0.25) is 9.59 Å². The first-order valence-corrected chi connectivity index (χ1v) is 9.62. The summed E-state index contributed by atoms with van der Waals surface area (Å²) < 4.78 is 0. The standard InChI is InChI=1S/C23H22N4O2/c24-15-17-5-3-7-19(11-17)26-21(28)13-23(9-1-2-10-23)14-22(29)27-20-8-4-6-18(12-20)16-25/h3-8,11-12H,1-2,9-10,13-14H2,(H,26,28)(H,27,29). The zero-order chi connectivity index (χ0) is 20.7. The summed E-state index contributed by atoms with van der Waals surface area (Å²) in [6, 6.07) is 17.7. The maximum Gasteiger partial charge on any atom is 0.224 e. The largest absolute Gasteiger partial charge is 0.326 e. The lowest BCUT2D eigenvalue weighted by molar-refractivity contribution is -0.121. The molecule has 0 aliphatic heterocycles. The number of benzene rings is 2. The summed E-state index contributed by atoms with van der Waals surface area (Å²) in [5.74, 6) is -0.303. The maximum atomic E-state index is 12.6. The van der Waals surface area contributed by atoms with Gasteiger partial charge in [0.2, 0.25) is 11.8 Å². The minimum atomic E-state index is -0.367. The predicted molar refractivity (Wildman–Crippen MR) is 110 cm³/mol. The molecule has 146 valence electrons. The van der Waals surface area contributed by atoms with Crippen molar-refractivity contribution in [3.63, 3.8) is 0 Å². The Hall–Kier alpha value is -3.64. The van der Waals surface area contributed by atoms with Crippen LogP contribution in [0.5, 0.6) is 0 Å². The fraction of sp³-hybridized carbons (Fsp3) is 0.304. The van der Waals surface area contributed by atoms with Gasteiger partial charge in [-0.1, -0.05) is 25.0 Å². The number of nitrogens with one attached hydrogen (secondary N) is 2. The average Bonchev–Trinajstić information content (AvgIpc) is 3.15. The molecule has 0 bridgehead atoms. The Labute approximate surface area is 170 Å². The second-order valence-corrected chi connectivity index (χ2v) is 7.54. The van der Waals surface area contributed by atoms with Crippen LogP contribution in [0.25, 0.3) is 0 Å². The van der Waals surface area contributed by atoms with Crippen molar-refractivity contribution in [2.45, 2.75) is 38.5 Å². The molecule has 1 aliphatic rings. The molecule has 0 saturated heterocycles. The highest BCUT2D eigenvalue weighted by Gasteiger charge is 2.38. The zero-order valence-electron chi connectivity index (χ0n) is 16.1. The van der Waals surface area contributed by atoms with Crippen molar-refractivity contribution in [1.82, 2.24) is 0 Å². The van der Waals surface area contributed by atoms with E-state index < -0.39 is 0 Å². The highest BCUT2D eigenvalue weighted by Crippen LogP contribution is 2.44. The van der Waals surface area contributed by atoms with Crippen molar-refractivity contribution in [2.24, 2.45) is 5.41 Å². The van der Waals surface area contributed by atoms with Crippen LogP contribution in [0.4, 0.5) is 11.4 Å². The van der Waals surface area contributed by atoms with Gasteiger partial charge in [0.1, 0.15) is 0 Å². The van der Waals surface area contributed by atoms with Crippen molar-refractivity contribution in [1.29, 1.82) is 10.5 Å². The highest BCUT2D eigenvalue weighted by atomic mass is 16.2. The molecule has 1 saturated carbocycles. The minimum absolute atomic E-state index is 0.152. The molecular formula is C23H22N4O2. The first-order chi connectivity index (χ1) is 14.0. The van der Waals surface area contributed by atoms with Gasteiger partial charge in [-0.2, -0.15) is 10.5 Å². The Balaban J connectivity index is 1.64. The second kappa shape index (κ2) is 9.03. The van der Waals surface area contributed by atoms with Crippen LogP contribution in [0.2, 0.25) is 0 Å². The van der Waals surface area contributed by atoms with E-state index in [4.69, 9.17) is 10.5 Å². The summed E-state index contributed by atoms with van der Waals surface area (Å²) in [5, 5.41) is 23.7. The molecule has 1 aliphatic carbocycles. The Morgan fingerprint density at radius 3 is 1.69 bits per heavy atom. The number of carbonyl (C=O) groups excluding carboxylic acids is 2. The Bertz CT molecular complexity index is 919. The fourth-order valence-electron chi connectivity index (χ4n) is 3.97. The van der Waals surface area contributed by atoms with Crippen molar-refractivity contribution in [2.75, 3.05) is 10.6 Å². The molecular weight excluding hydrogens is 364 g/mol. The van der Waals surface area contributed by atoms with E-state index in [1.807, 2.05) is 0 Å². The zero-order valence-corrected chi connectivity index (χ0v) is 16.1. The van der Waals surface area contributed by atoms with Crippen molar-refractivity contribution in [3.05, 3.63) is 59.7 Å². The summed E-state index contributed by atoms with van der Waals surface area (Å²) in [7, 11) is 0. The highest BCUT2D eigenvalue weighted by molar-refractivity contribution is 5.94. The van der Waals surface area contributed by atoms with Crippen LogP contribution >= 0.6 is 0 Å². The van der Waals surface area contributed by atoms with Crippen LogP contribution in [0.1, 0.15) is 49.7 Å². The monoisotopic (exact) mass is 386 g/mol. The molecule has 3 rings (SSSR count). The molecule has 0 heterocycles. The SMILES string of the molecule is N#Cc1cccc(NC(=O)CC2(CC(=O)Nc3cccc(C#N)c3)CCCC2)c1. The van der Waals surface area contributed by atoms with Gasteiger partial charge in [0.25, 0.3) is 0 Å². The molecule has 0 atom stereocenters. The number of hydrogen-bond acceptors (Lipinski definition) is 4. The molecule has 6 nitrogen and oxygen atoms in total. The third kappa shape index (κ3) is 5.43. The lowest BCUT2D eigenvalue weighted by Crippen LogP contribution is -2.30. The average molecular weight is 386 g/mol. The summed E-state index contributed by atoms with van der Waals surface area (Å²) in [6.45, 7) is 0. The summed E-state index contributed by atoms with van der Waals surface area (Å²) >= 11 is 0. The first-order valence-electron chi connectivity index (χ1n) is 9.62. The Kier molecular flexibility index (Phi) is 6.26. The van der Waals surface area contributed by atoms with Crippen molar-refractivity contribution < 1.29 is 9.59 Å². The van der Waals surface area contributed by atoms with E-state index in [2.05, 4.69) is 22.8 Å². The van der Waals surface area contributed by atoms with E-state index in [0.717, 1.165) is 25.7 Å². The number of hydrogen-bond donors (Lipinski definition) is 2. The molecule has 2 aromatic carbocycles. The van der Waals surface area contributed by atoms with Gasteiger partial charge < -0.3 is 10.6 Å². The van der Waals surface area contributed by atoms with E-state index >= 15 is 0 Å². The molecule has 0 radical (unpaired) electrons. The van der Waals surface area contributed by atoms with E-state index in [1.54, 1.807) is 48.5 Å². The Morgan fingerprint density at radius 1 is 0.828 bits per heavy atom. The van der Waals surface area contributed by atoms with Gasteiger partial charge in [-0.15, -0.1) is 0 Å². The van der Waals surface area contributed by atoms with Gasteiger partial charge in [0, 0.05) is 24.2 Å². The molecule has 29 heavy (non-hydrogen) atoms. The van der Waals surface area contributed by atoms with Crippen LogP contribution < -0.4 is 10.6 Å². The molecule has 2 N–H and O–H groups in total. The first kappa shape index (κ1) is 20.1. The number of amides is 2. The molecule has 2 aromatic rings. The maximum absolute atomic E-state index is 12.6. The third-order valence-corrected chi connectivity index (χ3v) is 5.29. The number of nitrogens with zero attached hydrogens (tertiary/aromatic N) is 2. The van der Waals surface area contributed by atoms with E-state index in [9.17, 15) is 9.59 Å². The van der Waals surface area contributed by atoms with Crippen molar-refractivity contribution in [3.8, 4) is 12.1 Å². The van der Waals surface area contributed by atoms with E-state index in [0.29, 0.717) is 22.5 Å². The lowest BCUT2D eigenvalue weighted by Gasteiger charge is -2.27. The van der Waals surface area contributed by atoms with Crippen LogP contribution in [-0.2, 0) is 9.59 Å². The molecule has 0 unspecified atom stereocenters. The van der Waals surface area contributed by atoms with Gasteiger partial charge in [0.05, 0.1) is 23.3 Å². The summed E-state index contributed by atoms with van der Waals surface area (Å²) in [4.78, 5) is 25.3. The fourth-order valence-corrected chi connectivity index (χ4v) is 3.97. The lowest BCUT2D eigenvalue weighted by atomic mass is 9.79. The smallest absolute Gasteiger partial charge is 0.224 e. The number of carbonyl (C=O) groups is 2. The van der Waals surface area contributed by atoms with E-state index in [-0.39, 0.29) is 30.1 Å². The number of rotatable bonds is 6. The molecule has 0 aromatic heterocycles. The topological polar surface area (TPSA) is 106 Å². The number of anilines is 2. The molecule has 0 spiro atoms. The third-order valence-electron chi connectivity index (χ3n) is 5.29. The number of nitriles is 2. The van der Waals surface area contributed by atoms with Crippen LogP contribution in [0, 0.1) is 28.1 Å². The quantitative estimate of drug-likeness (QED) is 0.770. The summed E-state index contributed by atoms with van der Waals surface area (Å²) in [6.07, 6.45) is 4.16. The van der Waals surface area contributed by atoms with Gasteiger partial charge in [-0.25, -0.2) is 0 Å². The van der Waals surface area contributed by atoms with E-state index in [1.165, 1.54) is 0 Å². The summed E-state index contributed by atoms with van der Waals surface area (Å²) in [5.41, 5.74) is 1.77. The van der Waals surface area contributed by atoms with Crippen molar-refractivity contribution >= 4 is 23.2 Å². The predicted octanol–water partition coefficient (Wildman–Crippen LogP) is 4.35. The van der Waals surface area contributed by atoms with Crippen LogP contribution in [-0.4, -0.2) is 11.8 Å². The second-order valence-electron chi connectivity index (χ2n) is 7.54.